The van der Waals surface area contributed by atoms with Gasteiger partial charge in [-0.25, -0.2) is 0 Å². The number of nitrogens with zero attached hydrogens (tertiary/aromatic N) is 1. The summed E-state index contributed by atoms with van der Waals surface area (Å²) in [5.74, 6) is 0. The fourth-order valence-corrected chi connectivity index (χ4v) is 2.76. The molecule has 0 atom stereocenters. The van der Waals surface area contributed by atoms with Crippen LogP contribution in [-0.2, 0) is 11.2 Å². The molecule has 1 aromatic heterocycles. The molecule has 0 aliphatic heterocycles. The van der Waals surface area contributed by atoms with Crippen LogP contribution < -0.4 is 56.5 Å². The monoisotopic (exact) mass is 359 g/mol. The van der Waals surface area contributed by atoms with Gasteiger partial charge in [-0.3, -0.25) is 4.98 Å². The van der Waals surface area contributed by atoms with E-state index >= 15 is 0 Å². The first-order valence-corrected chi connectivity index (χ1v) is 9.48. The van der Waals surface area contributed by atoms with E-state index in [1.807, 2.05) is 18.5 Å². The molecule has 0 spiro atoms. The summed E-state index contributed by atoms with van der Waals surface area (Å²) in [6.07, 6.45) is 18.9. The van der Waals surface area contributed by atoms with Crippen LogP contribution in [0.2, 0.25) is 0 Å². The summed E-state index contributed by atoms with van der Waals surface area (Å²) >= 11 is 0. The number of hydrogen-bond acceptors (Lipinski definition) is 3. The Morgan fingerprint density at radius 3 is 1.96 bits per heavy atom. The van der Waals surface area contributed by atoms with Crippen molar-refractivity contribution in [1.82, 2.24) is 4.98 Å². The third-order valence-electron chi connectivity index (χ3n) is 4.16. The van der Waals surface area contributed by atoms with E-state index in [0.717, 1.165) is 13.0 Å². The number of pyridine rings is 1. The summed E-state index contributed by atoms with van der Waals surface area (Å²) in [4.78, 5) is 4.15. The van der Waals surface area contributed by atoms with Crippen molar-refractivity contribution in [2.75, 3.05) is 19.8 Å². The zero-order valence-electron chi connectivity index (χ0n) is 15.7. The van der Waals surface area contributed by atoms with Gasteiger partial charge in [0.1, 0.15) is 0 Å². The Morgan fingerprint density at radius 1 is 0.792 bits per heavy atom. The van der Waals surface area contributed by atoms with Crippen LogP contribution in [0.15, 0.2) is 24.5 Å². The Kier molecular flexibility index (Phi) is 20.6. The van der Waals surface area contributed by atoms with Gasteiger partial charge in [0, 0.05) is 25.6 Å². The molecule has 0 radical (unpaired) electrons. The number of aromatic nitrogens is 1. The second-order valence-corrected chi connectivity index (χ2v) is 6.32. The summed E-state index contributed by atoms with van der Waals surface area (Å²) in [7, 11) is 0. The van der Waals surface area contributed by atoms with Crippen LogP contribution in [-0.4, -0.2) is 24.8 Å². The fraction of sp³-hybridized carbons (Fsp3) is 0.750. The van der Waals surface area contributed by atoms with Gasteiger partial charge in [0.25, 0.3) is 0 Å². The molecule has 1 heterocycles. The summed E-state index contributed by atoms with van der Waals surface area (Å²) < 4.78 is 5.38. The van der Waals surface area contributed by atoms with Crippen molar-refractivity contribution < 1.29 is 61.2 Å². The van der Waals surface area contributed by atoms with Crippen LogP contribution in [0.1, 0.15) is 76.2 Å². The number of rotatable bonds is 16. The maximum absolute atomic E-state index is 10.2. The summed E-state index contributed by atoms with van der Waals surface area (Å²) in [5, 5.41) is 10.2. The van der Waals surface area contributed by atoms with Crippen LogP contribution >= 0.6 is 0 Å². The van der Waals surface area contributed by atoms with Gasteiger partial charge in [-0.15, -0.1) is 6.61 Å². The first-order chi connectivity index (χ1) is 11.4. The van der Waals surface area contributed by atoms with Crippen LogP contribution in [0.4, 0.5) is 0 Å². The maximum atomic E-state index is 10.2. The van der Waals surface area contributed by atoms with Crippen LogP contribution in [0, 0.1) is 0 Å². The molecule has 0 amide bonds. The second-order valence-electron chi connectivity index (χ2n) is 6.32. The molecule has 0 fully saturated rings. The van der Waals surface area contributed by atoms with Crippen LogP contribution in [0.5, 0.6) is 0 Å². The Hall–Kier alpha value is 0.706. The number of ether oxygens (including phenoxy) is 1. The molecule has 0 bridgehead atoms. The molecule has 0 unspecified atom stereocenters. The normalized spacial score (nSPS) is 10.5. The molecule has 1 rings (SSSR count). The van der Waals surface area contributed by atoms with E-state index in [2.05, 4.69) is 11.1 Å². The van der Waals surface area contributed by atoms with Crippen molar-refractivity contribution in [2.24, 2.45) is 0 Å². The molecule has 0 N–H and O–H groups in total. The molecule has 3 nitrogen and oxygen atoms in total. The minimum atomic E-state index is -0.0105. The van der Waals surface area contributed by atoms with Gasteiger partial charge in [0.15, 0.2) is 0 Å². The SMILES string of the molecule is [K+].[O-]CCCOCCCCCCCCCCCCc1cccnc1. The number of hydrogen-bond donors (Lipinski definition) is 0. The molecule has 0 saturated heterocycles. The molecule has 24 heavy (non-hydrogen) atoms. The van der Waals surface area contributed by atoms with E-state index < -0.39 is 0 Å². The van der Waals surface area contributed by atoms with E-state index in [0.29, 0.717) is 13.0 Å². The number of aryl methyl sites for hydroxylation is 1. The first kappa shape index (κ1) is 24.7. The van der Waals surface area contributed by atoms with Gasteiger partial charge in [0.05, 0.1) is 0 Å². The third kappa shape index (κ3) is 16.2. The Balaban J connectivity index is 0.00000529. The van der Waals surface area contributed by atoms with E-state index in [1.54, 1.807) is 0 Å². The molecule has 0 saturated carbocycles. The van der Waals surface area contributed by atoms with E-state index in [4.69, 9.17) is 4.74 Å². The molecular weight excluding hydrogens is 325 g/mol. The average Bonchev–Trinajstić information content (AvgIpc) is 2.59. The largest absolute Gasteiger partial charge is 1.00 e. The van der Waals surface area contributed by atoms with Gasteiger partial charge in [-0.05, 0) is 37.3 Å². The zero-order valence-corrected chi connectivity index (χ0v) is 18.8. The topological polar surface area (TPSA) is 45.2 Å². The van der Waals surface area contributed by atoms with E-state index in [-0.39, 0.29) is 58.0 Å². The first-order valence-electron chi connectivity index (χ1n) is 9.48. The Bertz CT molecular complexity index is 349. The van der Waals surface area contributed by atoms with E-state index in [9.17, 15) is 5.11 Å². The molecule has 0 aromatic carbocycles. The minimum Gasteiger partial charge on any atom is -0.854 e. The maximum Gasteiger partial charge on any atom is 1.00 e. The standard InChI is InChI=1S/C20H34NO2.K/c22-16-12-18-23-17-10-8-6-4-2-1-3-5-7-9-13-20-14-11-15-21-19-20;/h11,14-15,19H,1-10,12-13,16-18H2;/q-1;+1. The van der Waals surface area contributed by atoms with Crippen molar-refractivity contribution >= 4 is 0 Å². The summed E-state index contributed by atoms with van der Waals surface area (Å²) in [5.41, 5.74) is 1.37. The second kappa shape index (κ2) is 20.0. The molecule has 0 aliphatic rings. The van der Waals surface area contributed by atoms with Crippen molar-refractivity contribution in [3.8, 4) is 0 Å². The van der Waals surface area contributed by atoms with Crippen molar-refractivity contribution in [3.05, 3.63) is 30.1 Å². The quantitative estimate of drug-likeness (QED) is 0.330. The number of unbranched alkanes of at least 4 members (excludes halogenated alkanes) is 9. The third-order valence-corrected chi connectivity index (χ3v) is 4.16. The van der Waals surface area contributed by atoms with Gasteiger partial charge >= 0.3 is 51.4 Å². The smallest absolute Gasteiger partial charge is 0.854 e. The molecular formula is C20H34KNO2. The van der Waals surface area contributed by atoms with Gasteiger partial charge < -0.3 is 9.84 Å². The van der Waals surface area contributed by atoms with Gasteiger partial charge in [-0.2, -0.15) is 0 Å². The molecule has 132 valence electrons. The van der Waals surface area contributed by atoms with Crippen molar-refractivity contribution in [2.45, 2.75) is 77.0 Å². The average molecular weight is 360 g/mol. The van der Waals surface area contributed by atoms with E-state index in [1.165, 1.54) is 69.8 Å². The molecule has 4 heteroatoms. The zero-order chi connectivity index (χ0) is 16.4. The molecule has 1 aromatic rings. The fourth-order valence-electron chi connectivity index (χ4n) is 2.76. The van der Waals surface area contributed by atoms with Crippen molar-refractivity contribution in [3.63, 3.8) is 0 Å². The predicted octanol–water partition coefficient (Wildman–Crippen LogP) is 1.30. The molecule has 0 aliphatic carbocycles. The predicted molar refractivity (Wildman–Crippen MR) is 94.4 cm³/mol. The minimum absolute atomic E-state index is 0. The summed E-state index contributed by atoms with van der Waals surface area (Å²) in [6.45, 7) is 1.46. The Morgan fingerprint density at radius 2 is 1.38 bits per heavy atom. The van der Waals surface area contributed by atoms with Crippen molar-refractivity contribution in [1.29, 1.82) is 0 Å². The Labute approximate surface area is 191 Å². The van der Waals surface area contributed by atoms with Gasteiger partial charge in [0.2, 0.25) is 0 Å². The van der Waals surface area contributed by atoms with Crippen LogP contribution in [0.25, 0.3) is 0 Å². The van der Waals surface area contributed by atoms with Gasteiger partial charge in [-0.1, -0.05) is 57.4 Å². The van der Waals surface area contributed by atoms with Crippen LogP contribution in [0.3, 0.4) is 0 Å². The summed E-state index contributed by atoms with van der Waals surface area (Å²) in [6, 6.07) is 4.19.